The summed E-state index contributed by atoms with van der Waals surface area (Å²) in [6, 6.07) is 5.96. The molecule has 12 N–H and O–H groups in total. The second kappa shape index (κ2) is 68.6. The standard InChI is InChI=1S/C18H24O2.10C5H10O2/c1-18-9-8-14-13-5-3-12(19)10-11(13)2-4-15(14)16(18)6-7-17(18)20;10*1-2-3-4-5(6)7/h3,5,10,14-17,19-20H,2,4,6-9H2,1H3;10*2-4H2,1H3,(H,6,7)/t14-,15-,16+,17+,18+;;;;;;;;;;/m1........../s1. The van der Waals surface area contributed by atoms with Crippen LogP contribution in [0.1, 0.15) is 318 Å². The second-order valence-electron chi connectivity index (χ2n) is 22.4. The van der Waals surface area contributed by atoms with Crippen molar-refractivity contribution in [1.82, 2.24) is 0 Å². The van der Waals surface area contributed by atoms with Crippen molar-refractivity contribution in [2.24, 2.45) is 17.3 Å². The number of carbonyl (C=O) groups is 10. The van der Waals surface area contributed by atoms with Crippen LogP contribution in [0.25, 0.3) is 0 Å². The van der Waals surface area contributed by atoms with Gasteiger partial charge in [-0.2, -0.15) is 0 Å². The van der Waals surface area contributed by atoms with E-state index in [1.165, 1.54) is 30.4 Å². The molecule has 0 bridgehead atoms. The molecule has 528 valence electrons. The monoisotopic (exact) mass is 1290 g/mol. The molecule has 0 heterocycles. The van der Waals surface area contributed by atoms with Gasteiger partial charge >= 0.3 is 59.7 Å². The maximum atomic E-state index is 10.4. The summed E-state index contributed by atoms with van der Waals surface area (Å²) >= 11 is 0. The minimum Gasteiger partial charge on any atom is -0.508 e. The van der Waals surface area contributed by atoms with Crippen molar-refractivity contribution in [3.8, 4) is 5.75 Å². The number of benzene rings is 1. The fourth-order valence-electron chi connectivity index (χ4n) is 8.82. The maximum Gasteiger partial charge on any atom is 0.303 e. The van der Waals surface area contributed by atoms with Gasteiger partial charge in [0.2, 0.25) is 0 Å². The van der Waals surface area contributed by atoms with Crippen LogP contribution in [0.15, 0.2) is 18.2 Å². The summed E-state index contributed by atoms with van der Waals surface area (Å²) in [5.74, 6) is -4.44. The SMILES string of the molecule is CCCCC(=O)O.CCCCC(=O)O.CCCCC(=O)O.CCCCC(=O)O.CCCCC(=O)O.CCCCC(=O)O.CCCCC(=O)O.CCCCC(=O)O.CCCCC(=O)O.CCCCC(=O)O.C[C@]12CC[C@@H]3c4ccc(O)cc4CC[C@H]3[C@@H]1CC[C@@H]2O. The molecule has 0 amide bonds. The summed E-state index contributed by atoms with van der Waals surface area (Å²) in [6.07, 6.45) is 27.6. The summed E-state index contributed by atoms with van der Waals surface area (Å²) < 4.78 is 0. The Labute approximate surface area is 538 Å². The van der Waals surface area contributed by atoms with Gasteiger partial charge in [-0.25, -0.2) is 0 Å². The molecule has 0 spiro atoms. The molecule has 2 fully saturated rings. The molecule has 5 atom stereocenters. The summed E-state index contributed by atoms with van der Waals surface area (Å²) in [4.78, 5) is 97.6. The molecule has 2 saturated carbocycles. The van der Waals surface area contributed by atoms with Gasteiger partial charge in [-0.15, -0.1) is 0 Å². The second-order valence-corrected chi connectivity index (χ2v) is 22.4. The molecule has 0 radical (unpaired) electrons. The first-order chi connectivity index (χ1) is 42.3. The number of phenols is 1. The Bertz CT molecular complexity index is 1690. The van der Waals surface area contributed by atoms with Crippen molar-refractivity contribution in [2.45, 2.75) is 319 Å². The van der Waals surface area contributed by atoms with Gasteiger partial charge in [0.1, 0.15) is 5.75 Å². The van der Waals surface area contributed by atoms with E-state index in [0.29, 0.717) is 81.8 Å². The van der Waals surface area contributed by atoms with Crippen LogP contribution in [0.2, 0.25) is 0 Å². The number of aliphatic hydroxyl groups excluding tert-OH is 1. The molecule has 22 heteroatoms. The van der Waals surface area contributed by atoms with Crippen LogP contribution < -0.4 is 0 Å². The van der Waals surface area contributed by atoms with Crippen LogP contribution in [-0.4, -0.2) is 127 Å². The van der Waals surface area contributed by atoms with Crippen molar-refractivity contribution in [3.05, 3.63) is 29.3 Å². The molecule has 90 heavy (non-hydrogen) atoms. The zero-order chi connectivity index (χ0) is 70.9. The van der Waals surface area contributed by atoms with Crippen molar-refractivity contribution in [1.29, 1.82) is 0 Å². The lowest BCUT2D eigenvalue weighted by Crippen LogP contribution is -2.43. The zero-order valence-electron chi connectivity index (χ0n) is 56.9. The van der Waals surface area contributed by atoms with Crippen LogP contribution in [0.3, 0.4) is 0 Å². The Balaban J connectivity index is -0.000000175. The lowest BCUT2D eigenvalue weighted by atomic mass is 9.55. The van der Waals surface area contributed by atoms with Crippen LogP contribution in [0.4, 0.5) is 0 Å². The fourth-order valence-corrected chi connectivity index (χ4v) is 8.82. The number of aliphatic carboxylic acids is 10. The highest BCUT2D eigenvalue weighted by Crippen LogP contribution is 2.61. The Morgan fingerprint density at radius 3 is 0.800 bits per heavy atom. The third-order valence-corrected chi connectivity index (χ3v) is 14.1. The van der Waals surface area contributed by atoms with E-state index in [9.17, 15) is 58.2 Å². The highest BCUT2D eigenvalue weighted by atomic mass is 16.4. The number of hydrogen-bond donors (Lipinski definition) is 12. The summed E-state index contributed by atoms with van der Waals surface area (Å²) in [7, 11) is 0. The summed E-state index contributed by atoms with van der Waals surface area (Å²) in [5.41, 5.74) is 2.99. The number of aliphatic hydroxyl groups is 1. The average Bonchev–Trinajstić information content (AvgIpc) is 1.45. The highest BCUT2D eigenvalue weighted by molar-refractivity contribution is 5.69. The number of aromatic hydroxyl groups is 1. The molecular weight excluding hydrogens is 1170 g/mol. The molecule has 22 nitrogen and oxygen atoms in total. The Morgan fingerprint density at radius 2 is 0.600 bits per heavy atom. The normalized spacial score (nSPS) is 16.3. The first kappa shape index (κ1) is 97.3. The highest BCUT2D eigenvalue weighted by Gasteiger charge is 2.54. The first-order valence-corrected chi connectivity index (χ1v) is 33.0. The van der Waals surface area contributed by atoms with E-state index in [1.54, 1.807) is 0 Å². The maximum absolute atomic E-state index is 10.4. The molecule has 3 aliphatic rings. The number of hydrogen-bond acceptors (Lipinski definition) is 12. The minimum absolute atomic E-state index is 0.0883. The Kier molecular flexibility index (Phi) is 74.1. The van der Waals surface area contributed by atoms with Crippen molar-refractivity contribution < 1.29 is 109 Å². The quantitative estimate of drug-likeness (QED) is 0.0340. The number of phenolic OH excluding ortho intramolecular Hbond substituents is 1. The van der Waals surface area contributed by atoms with Gasteiger partial charge in [-0.1, -0.05) is 146 Å². The van der Waals surface area contributed by atoms with Crippen LogP contribution >= 0.6 is 0 Å². The van der Waals surface area contributed by atoms with Gasteiger partial charge in [0.25, 0.3) is 0 Å². The third-order valence-electron chi connectivity index (χ3n) is 14.1. The number of carboxylic acids is 10. The number of unbranched alkanes of at least 4 members (excludes halogenated alkanes) is 10. The van der Waals surface area contributed by atoms with Gasteiger partial charge in [-0.05, 0) is 149 Å². The van der Waals surface area contributed by atoms with E-state index in [0.717, 1.165) is 154 Å². The smallest absolute Gasteiger partial charge is 0.303 e. The molecule has 0 unspecified atom stereocenters. The minimum atomic E-state index is -0.693. The van der Waals surface area contributed by atoms with Crippen LogP contribution in [0, 0.1) is 17.3 Å². The molecule has 0 aromatic heterocycles. The van der Waals surface area contributed by atoms with Crippen molar-refractivity contribution in [2.75, 3.05) is 0 Å². The van der Waals surface area contributed by atoms with E-state index < -0.39 is 59.7 Å². The zero-order valence-corrected chi connectivity index (χ0v) is 56.9. The van der Waals surface area contributed by atoms with E-state index >= 15 is 0 Å². The molecule has 1 aromatic rings. The van der Waals surface area contributed by atoms with Gasteiger partial charge in [0.15, 0.2) is 0 Å². The van der Waals surface area contributed by atoms with Crippen molar-refractivity contribution in [3.63, 3.8) is 0 Å². The van der Waals surface area contributed by atoms with Crippen LogP contribution in [0.5, 0.6) is 5.75 Å². The number of carboxylic acid groups (broad SMARTS) is 10. The Hall–Kier alpha value is -6.32. The number of rotatable bonds is 30. The van der Waals surface area contributed by atoms with Crippen molar-refractivity contribution >= 4 is 59.7 Å². The van der Waals surface area contributed by atoms with Crippen LogP contribution in [-0.2, 0) is 54.4 Å². The molecule has 0 saturated heterocycles. The topological polar surface area (TPSA) is 413 Å². The molecule has 4 rings (SSSR count). The largest absolute Gasteiger partial charge is 0.508 e. The van der Waals surface area contributed by atoms with Gasteiger partial charge in [0, 0.05) is 64.2 Å². The lowest BCUT2D eigenvalue weighted by molar-refractivity contribution is -0.138. The van der Waals surface area contributed by atoms with E-state index in [4.69, 9.17) is 51.1 Å². The van der Waals surface area contributed by atoms with Gasteiger partial charge in [-0.3, -0.25) is 47.9 Å². The van der Waals surface area contributed by atoms with Gasteiger partial charge in [0.05, 0.1) is 6.10 Å². The third kappa shape index (κ3) is 70.8. The Morgan fingerprint density at radius 1 is 0.367 bits per heavy atom. The lowest BCUT2D eigenvalue weighted by Gasteiger charge is -2.50. The number of aryl methyl sites for hydroxylation is 1. The predicted molar refractivity (Wildman–Crippen MR) is 350 cm³/mol. The molecule has 0 aliphatic heterocycles. The van der Waals surface area contributed by atoms with E-state index in [1.807, 2.05) is 81.4 Å². The predicted octanol–water partition coefficient (Wildman–Crippen LogP) is 16.2. The van der Waals surface area contributed by atoms with E-state index in [2.05, 4.69) is 13.0 Å². The number of fused-ring (bicyclic) bond motifs is 5. The molecule has 3 aliphatic carbocycles. The van der Waals surface area contributed by atoms with E-state index in [-0.39, 0.29) is 11.5 Å². The average molecular weight is 1290 g/mol. The summed E-state index contributed by atoms with van der Waals surface area (Å²) in [5, 5.41) is 100. The molecule has 1 aromatic carbocycles. The van der Waals surface area contributed by atoms with Gasteiger partial charge < -0.3 is 61.3 Å². The first-order valence-electron chi connectivity index (χ1n) is 33.0. The fraction of sp³-hybridized carbons (Fsp3) is 0.765. The summed E-state index contributed by atoms with van der Waals surface area (Å²) in [6.45, 7) is 22.1. The molecular formula is C68H124O22.